The van der Waals surface area contributed by atoms with Gasteiger partial charge in [-0.05, 0) is 23.6 Å². The molecule has 0 bridgehead atoms. The molecule has 3 aromatic carbocycles. The minimum atomic E-state index is -0.493. The number of hydrogen-bond acceptors (Lipinski definition) is 4. The topological polar surface area (TPSA) is 72.7 Å². The number of phenolic OH excluding ortho intramolecular Hbond substituents is 3. The van der Waals surface area contributed by atoms with Gasteiger partial charge in [0.15, 0.2) is 11.5 Å². The van der Waals surface area contributed by atoms with Gasteiger partial charge in [-0.2, -0.15) is 0 Å². The Balaban J connectivity index is 1.89. The van der Waals surface area contributed by atoms with E-state index in [1.807, 2.05) is 42.5 Å². The number of nitrogens with one attached hydrogen (secondary N) is 1. The van der Waals surface area contributed by atoms with Crippen LogP contribution < -0.4 is 5.32 Å². The Labute approximate surface area is 121 Å². The molecule has 3 rings (SSSR count). The summed E-state index contributed by atoms with van der Waals surface area (Å²) in [6.45, 7) is 0.341. The van der Waals surface area contributed by atoms with Crippen LogP contribution in [0, 0.1) is 0 Å². The van der Waals surface area contributed by atoms with Crippen LogP contribution in [0.3, 0.4) is 0 Å². The Morgan fingerprint density at radius 1 is 0.762 bits per heavy atom. The molecular formula is C17H15NO3. The zero-order valence-corrected chi connectivity index (χ0v) is 11.2. The molecule has 3 aromatic rings. The fourth-order valence-corrected chi connectivity index (χ4v) is 2.32. The molecule has 106 valence electrons. The van der Waals surface area contributed by atoms with Crippen LogP contribution in [0.5, 0.6) is 17.2 Å². The average molecular weight is 281 g/mol. The average Bonchev–Trinajstić information content (AvgIpc) is 2.52. The van der Waals surface area contributed by atoms with Crippen molar-refractivity contribution >= 4 is 16.5 Å². The van der Waals surface area contributed by atoms with Gasteiger partial charge in [-0.1, -0.05) is 36.4 Å². The minimum absolute atomic E-state index is 0.303. The van der Waals surface area contributed by atoms with Crippen molar-refractivity contribution in [3.8, 4) is 17.2 Å². The van der Waals surface area contributed by atoms with Gasteiger partial charge >= 0.3 is 0 Å². The van der Waals surface area contributed by atoms with E-state index in [2.05, 4.69) is 5.32 Å². The highest BCUT2D eigenvalue weighted by atomic mass is 16.3. The van der Waals surface area contributed by atoms with Crippen molar-refractivity contribution in [3.05, 3.63) is 60.2 Å². The molecule has 0 fully saturated rings. The molecule has 0 aliphatic rings. The highest BCUT2D eigenvalue weighted by molar-refractivity contribution is 5.93. The molecule has 4 N–H and O–H groups in total. The van der Waals surface area contributed by atoms with Gasteiger partial charge in [-0.15, -0.1) is 0 Å². The van der Waals surface area contributed by atoms with Crippen LogP contribution in [0.1, 0.15) is 5.56 Å². The van der Waals surface area contributed by atoms with Crippen LogP contribution in [0.2, 0.25) is 0 Å². The fraction of sp³-hybridized carbons (Fsp3) is 0.0588. The van der Waals surface area contributed by atoms with Crippen molar-refractivity contribution in [2.45, 2.75) is 6.54 Å². The number of hydrogen-bond donors (Lipinski definition) is 4. The summed E-state index contributed by atoms with van der Waals surface area (Å²) in [7, 11) is 0. The van der Waals surface area contributed by atoms with Crippen LogP contribution in [0.25, 0.3) is 10.8 Å². The molecule has 0 amide bonds. The Hall–Kier alpha value is -2.88. The molecule has 0 saturated carbocycles. The molecule has 0 aromatic heterocycles. The number of anilines is 1. The zero-order chi connectivity index (χ0) is 14.8. The first kappa shape index (κ1) is 13.1. The van der Waals surface area contributed by atoms with Gasteiger partial charge in [0.05, 0.1) is 0 Å². The predicted octanol–water partition coefficient (Wildman–Crippen LogP) is 3.57. The molecule has 0 aliphatic heterocycles. The minimum Gasteiger partial charge on any atom is -0.504 e. The third kappa shape index (κ3) is 2.43. The molecule has 0 atom stereocenters. The highest BCUT2D eigenvalue weighted by Crippen LogP contribution is 2.37. The van der Waals surface area contributed by atoms with E-state index >= 15 is 0 Å². The maximum absolute atomic E-state index is 9.82. The highest BCUT2D eigenvalue weighted by Gasteiger charge is 2.11. The standard InChI is InChI=1S/C17H15NO3/c19-15-9-8-12(16(20)17(15)21)10-18-14-7-3-5-11-4-1-2-6-13(11)14/h1-9,18-21H,10H2. The lowest BCUT2D eigenvalue weighted by molar-refractivity contribution is 0.365. The van der Waals surface area contributed by atoms with E-state index in [-0.39, 0.29) is 11.5 Å². The van der Waals surface area contributed by atoms with E-state index in [1.165, 1.54) is 6.07 Å². The summed E-state index contributed by atoms with van der Waals surface area (Å²) in [6.07, 6.45) is 0. The number of benzene rings is 3. The SMILES string of the molecule is Oc1ccc(CNc2cccc3ccccc23)c(O)c1O. The monoisotopic (exact) mass is 281 g/mol. The van der Waals surface area contributed by atoms with E-state index in [9.17, 15) is 15.3 Å². The Morgan fingerprint density at radius 2 is 1.52 bits per heavy atom. The summed E-state index contributed by atoms with van der Waals surface area (Å²) >= 11 is 0. The van der Waals surface area contributed by atoms with Crippen molar-refractivity contribution < 1.29 is 15.3 Å². The molecule has 4 nitrogen and oxygen atoms in total. The Kier molecular flexibility index (Phi) is 3.28. The number of rotatable bonds is 3. The van der Waals surface area contributed by atoms with E-state index in [1.54, 1.807) is 6.07 Å². The van der Waals surface area contributed by atoms with Crippen molar-refractivity contribution in [1.82, 2.24) is 0 Å². The van der Waals surface area contributed by atoms with Gasteiger partial charge in [0.1, 0.15) is 0 Å². The molecular weight excluding hydrogens is 266 g/mol. The summed E-state index contributed by atoms with van der Waals surface area (Å²) in [4.78, 5) is 0. The molecule has 21 heavy (non-hydrogen) atoms. The van der Waals surface area contributed by atoms with Crippen LogP contribution >= 0.6 is 0 Å². The van der Waals surface area contributed by atoms with Gasteiger partial charge in [-0.3, -0.25) is 0 Å². The van der Waals surface area contributed by atoms with Gasteiger partial charge < -0.3 is 20.6 Å². The third-order valence-electron chi connectivity index (χ3n) is 3.47. The maximum atomic E-state index is 9.82. The summed E-state index contributed by atoms with van der Waals surface area (Å²) in [5.41, 5.74) is 1.46. The molecule has 4 heteroatoms. The third-order valence-corrected chi connectivity index (χ3v) is 3.47. The first-order chi connectivity index (χ1) is 10.2. The first-order valence-corrected chi connectivity index (χ1v) is 6.61. The van der Waals surface area contributed by atoms with Crippen molar-refractivity contribution in [2.24, 2.45) is 0 Å². The van der Waals surface area contributed by atoms with Crippen LogP contribution in [0.4, 0.5) is 5.69 Å². The first-order valence-electron chi connectivity index (χ1n) is 6.61. The van der Waals surface area contributed by atoms with Gasteiger partial charge in [0.2, 0.25) is 5.75 Å². The molecule has 0 aliphatic carbocycles. The molecule has 0 radical (unpaired) electrons. The van der Waals surface area contributed by atoms with Crippen molar-refractivity contribution in [1.29, 1.82) is 0 Å². The van der Waals surface area contributed by atoms with Crippen LogP contribution in [-0.4, -0.2) is 15.3 Å². The smallest absolute Gasteiger partial charge is 0.200 e. The lowest BCUT2D eigenvalue weighted by Crippen LogP contribution is -2.00. The van der Waals surface area contributed by atoms with Crippen LogP contribution in [-0.2, 0) is 6.54 Å². The van der Waals surface area contributed by atoms with Gasteiger partial charge in [0, 0.05) is 23.2 Å². The summed E-state index contributed by atoms with van der Waals surface area (Å²) in [5.74, 6) is -1.13. The molecule has 0 heterocycles. The second kappa shape index (κ2) is 5.25. The maximum Gasteiger partial charge on any atom is 0.200 e. The lowest BCUT2D eigenvalue weighted by atomic mass is 10.1. The molecule has 0 saturated heterocycles. The van der Waals surface area contributed by atoms with Gasteiger partial charge in [-0.25, -0.2) is 0 Å². The van der Waals surface area contributed by atoms with Crippen LogP contribution in [0.15, 0.2) is 54.6 Å². The Morgan fingerprint density at radius 3 is 2.38 bits per heavy atom. The quantitative estimate of drug-likeness (QED) is 0.554. The molecule has 0 spiro atoms. The summed E-state index contributed by atoms with van der Waals surface area (Å²) < 4.78 is 0. The summed E-state index contributed by atoms with van der Waals surface area (Å²) in [5, 5.41) is 34.1. The largest absolute Gasteiger partial charge is 0.504 e. The van der Waals surface area contributed by atoms with E-state index in [4.69, 9.17) is 0 Å². The second-order valence-electron chi connectivity index (χ2n) is 4.82. The predicted molar refractivity (Wildman–Crippen MR) is 82.7 cm³/mol. The number of phenols is 3. The zero-order valence-electron chi connectivity index (χ0n) is 11.2. The van der Waals surface area contributed by atoms with E-state index in [0.717, 1.165) is 16.5 Å². The number of fused-ring (bicyclic) bond motifs is 1. The Bertz CT molecular complexity index is 794. The van der Waals surface area contributed by atoms with Crippen molar-refractivity contribution in [3.63, 3.8) is 0 Å². The fourth-order valence-electron chi connectivity index (χ4n) is 2.32. The second-order valence-corrected chi connectivity index (χ2v) is 4.82. The normalized spacial score (nSPS) is 10.7. The van der Waals surface area contributed by atoms with E-state index < -0.39 is 5.75 Å². The lowest BCUT2D eigenvalue weighted by Gasteiger charge is -2.12. The van der Waals surface area contributed by atoms with E-state index in [0.29, 0.717) is 12.1 Å². The summed E-state index contributed by atoms with van der Waals surface area (Å²) in [6, 6.07) is 16.9. The van der Waals surface area contributed by atoms with Crippen molar-refractivity contribution in [2.75, 3.05) is 5.32 Å². The van der Waals surface area contributed by atoms with Gasteiger partial charge in [0.25, 0.3) is 0 Å². The number of aromatic hydroxyl groups is 3. The molecule has 0 unspecified atom stereocenters.